The SMILES string of the molecule is CCC(C(=O)Nc1cc(Cl)cc(Cl)c1)N(c1cccc(Cl)c1)S(C)(=O)=O. The molecule has 0 saturated heterocycles. The highest BCUT2D eigenvalue weighted by atomic mass is 35.5. The summed E-state index contributed by atoms with van der Waals surface area (Å²) in [5.74, 6) is -0.503. The minimum atomic E-state index is -3.74. The van der Waals surface area contributed by atoms with E-state index in [-0.39, 0.29) is 6.42 Å². The van der Waals surface area contributed by atoms with Crippen LogP contribution in [-0.4, -0.2) is 26.6 Å². The van der Waals surface area contributed by atoms with E-state index in [9.17, 15) is 13.2 Å². The summed E-state index contributed by atoms with van der Waals surface area (Å²) in [5, 5.41) is 3.75. The summed E-state index contributed by atoms with van der Waals surface area (Å²) in [6, 6.07) is 9.95. The fraction of sp³-hybridized carbons (Fsp3) is 0.235. The van der Waals surface area contributed by atoms with Crippen LogP contribution in [0.1, 0.15) is 13.3 Å². The largest absolute Gasteiger partial charge is 0.324 e. The molecule has 0 aliphatic carbocycles. The molecule has 0 fully saturated rings. The Morgan fingerprint density at radius 1 is 1.08 bits per heavy atom. The highest BCUT2D eigenvalue weighted by molar-refractivity contribution is 7.92. The number of rotatable bonds is 6. The third kappa shape index (κ3) is 5.27. The molecule has 1 unspecified atom stereocenters. The van der Waals surface area contributed by atoms with Crippen LogP contribution >= 0.6 is 34.8 Å². The molecular formula is C17H17Cl3N2O3S. The maximum Gasteiger partial charge on any atom is 0.248 e. The summed E-state index contributed by atoms with van der Waals surface area (Å²) in [7, 11) is -3.74. The maximum absolute atomic E-state index is 12.8. The van der Waals surface area contributed by atoms with Crippen LogP contribution in [0.3, 0.4) is 0 Å². The van der Waals surface area contributed by atoms with E-state index in [1.165, 1.54) is 24.3 Å². The van der Waals surface area contributed by atoms with Crippen molar-refractivity contribution < 1.29 is 13.2 Å². The molecule has 9 heteroatoms. The van der Waals surface area contributed by atoms with Gasteiger partial charge in [-0.05, 0) is 42.8 Å². The van der Waals surface area contributed by atoms with E-state index in [1.807, 2.05) is 0 Å². The van der Waals surface area contributed by atoms with Crippen molar-refractivity contribution in [2.24, 2.45) is 0 Å². The Hall–Kier alpha value is -1.47. The van der Waals surface area contributed by atoms with Crippen LogP contribution in [0.25, 0.3) is 0 Å². The summed E-state index contributed by atoms with van der Waals surface area (Å²) in [6.07, 6.45) is 1.29. The second-order valence-corrected chi connectivity index (χ2v) is 8.78. The molecule has 0 aromatic heterocycles. The number of amides is 1. The summed E-state index contributed by atoms with van der Waals surface area (Å²) in [6.45, 7) is 1.72. The van der Waals surface area contributed by atoms with Gasteiger partial charge in [-0.15, -0.1) is 0 Å². The third-order valence-electron chi connectivity index (χ3n) is 3.52. The first-order valence-electron chi connectivity index (χ1n) is 7.63. The van der Waals surface area contributed by atoms with Gasteiger partial charge in [0.2, 0.25) is 15.9 Å². The summed E-state index contributed by atoms with van der Waals surface area (Å²) in [5.41, 5.74) is 0.691. The molecule has 0 aliphatic heterocycles. The molecule has 2 aromatic rings. The van der Waals surface area contributed by atoms with Gasteiger partial charge in [-0.3, -0.25) is 9.10 Å². The van der Waals surface area contributed by atoms with Crippen LogP contribution in [-0.2, 0) is 14.8 Å². The van der Waals surface area contributed by atoms with Gasteiger partial charge in [0.05, 0.1) is 11.9 Å². The number of hydrogen-bond acceptors (Lipinski definition) is 3. The normalized spacial score (nSPS) is 12.5. The number of carbonyl (C=O) groups is 1. The number of halogens is 3. The third-order valence-corrected chi connectivity index (χ3v) is 5.37. The molecule has 140 valence electrons. The molecule has 26 heavy (non-hydrogen) atoms. The predicted octanol–water partition coefficient (Wildman–Crippen LogP) is 4.83. The Bertz CT molecular complexity index is 899. The van der Waals surface area contributed by atoms with Crippen LogP contribution in [0.4, 0.5) is 11.4 Å². The van der Waals surface area contributed by atoms with Gasteiger partial charge in [-0.2, -0.15) is 0 Å². The van der Waals surface area contributed by atoms with Crippen molar-refractivity contribution in [3.8, 4) is 0 Å². The van der Waals surface area contributed by atoms with E-state index in [2.05, 4.69) is 5.32 Å². The number of nitrogens with zero attached hydrogens (tertiary/aromatic N) is 1. The number of hydrogen-bond donors (Lipinski definition) is 1. The highest BCUT2D eigenvalue weighted by Gasteiger charge is 2.31. The second-order valence-electron chi connectivity index (χ2n) is 5.61. The van der Waals surface area contributed by atoms with Crippen molar-refractivity contribution in [1.29, 1.82) is 0 Å². The number of benzene rings is 2. The van der Waals surface area contributed by atoms with Crippen LogP contribution in [0.15, 0.2) is 42.5 Å². The lowest BCUT2D eigenvalue weighted by Crippen LogP contribution is -2.47. The lowest BCUT2D eigenvalue weighted by Gasteiger charge is -2.30. The Labute approximate surface area is 167 Å². The number of anilines is 2. The molecule has 5 nitrogen and oxygen atoms in total. The summed E-state index contributed by atoms with van der Waals surface area (Å²) in [4.78, 5) is 12.8. The fourth-order valence-electron chi connectivity index (χ4n) is 2.53. The van der Waals surface area contributed by atoms with E-state index in [1.54, 1.807) is 25.1 Å². The standard InChI is InChI=1S/C17H17Cl3N2O3S/c1-3-16(17(23)21-14-8-12(19)7-13(20)9-14)22(26(2,24)25)15-6-4-5-11(18)10-15/h4-10,16H,3H2,1-2H3,(H,21,23). The molecule has 0 saturated carbocycles. The second kappa shape index (κ2) is 8.48. The lowest BCUT2D eigenvalue weighted by molar-refractivity contribution is -0.117. The van der Waals surface area contributed by atoms with E-state index >= 15 is 0 Å². The van der Waals surface area contributed by atoms with Crippen LogP contribution in [0.5, 0.6) is 0 Å². The Morgan fingerprint density at radius 2 is 1.69 bits per heavy atom. The Morgan fingerprint density at radius 3 is 2.19 bits per heavy atom. The van der Waals surface area contributed by atoms with Crippen LogP contribution < -0.4 is 9.62 Å². The summed E-state index contributed by atoms with van der Waals surface area (Å²) >= 11 is 17.9. The zero-order chi connectivity index (χ0) is 19.5. The highest BCUT2D eigenvalue weighted by Crippen LogP contribution is 2.27. The maximum atomic E-state index is 12.8. The molecule has 1 atom stereocenters. The van der Waals surface area contributed by atoms with Gasteiger partial charge in [0.25, 0.3) is 0 Å². The zero-order valence-corrected chi connectivity index (χ0v) is 17.1. The molecule has 1 amide bonds. The first kappa shape index (κ1) is 20.8. The summed E-state index contributed by atoms with van der Waals surface area (Å²) < 4.78 is 25.8. The molecule has 0 bridgehead atoms. The van der Waals surface area contributed by atoms with E-state index in [0.29, 0.717) is 26.4 Å². The minimum Gasteiger partial charge on any atom is -0.324 e. The molecule has 1 N–H and O–H groups in total. The molecular weight excluding hydrogens is 419 g/mol. The molecule has 0 spiro atoms. The van der Waals surface area contributed by atoms with Gasteiger partial charge in [-0.1, -0.05) is 47.8 Å². The van der Waals surface area contributed by atoms with E-state index in [4.69, 9.17) is 34.8 Å². The van der Waals surface area contributed by atoms with Gasteiger partial charge < -0.3 is 5.32 Å². The quantitative estimate of drug-likeness (QED) is 0.706. The van der Waals surface area contributed by atoms with E-state index < -0.39 is 22.0 Å². The molecule has 0 heterocycles. The number of sulfonamides is 1. The van der Waals surface area contributed by atoms with Crippen molar-refractivity contribution in [3.05, 3.63) is 57.5 Å². The minimum absolute atomic E-state index is 0.250. The van der Waals surface area contributed by atoms with Gasteiger partial charge in [0.15, 0.2) is 0 Å². The zero-order valence-electron chi connectivity index (χ0n) is 14.0. The van der Waals surface area contributed by atoms with Crippen molar-refractivity contribution in [3.63, 3.8) is 0 Å². The average Bonchev–Trinajstić information content (AvgIpc) is 2.49. The predicted molar refractivity (Wildman–Crippen MR) is 108 cm³/mol. The van der Waals surface area contributed by atoms with Crippen LogP contribution in [0, 0.1) is 0 Å². The van der Waals surface area contributed by atoms with Crippen molar-refractivity contribution in [2.75, 3.05) is 15.9 Å². The fourth-order valence-corrected chi connectivity index (χ4v) is 4.44. The number of carbonyl (C=O) groups excluding carboxylic acids is 1. The first-order chi connectivity index (χ1) is 12.1. The smallest absolute Gasteiger partial charge is 0.248 e. The first-order valence-corrected chi connectivity index (χ1v) is 10.6. The lowest BCUT2D eigenvalue weighted by atomic mass is 10.2. The van der Waals surface area contributed by atoms with Gasteiger partial charge in [-0.25, -0.2) is 8.42 Å². The molecule has 2 rings (SSSR count). The monoisotopic (exact) mass is 434 g/mol. The van der Waals surface area contributed by atoms with Gasteiger partial charge in [0.1, 0.15) is 6.04 Å². The molecule has 2 aromatic carbocycles. The Kier molecular flexibility index (Phi) is 6.80. The van der Waals surface area contributed by atoms with Gasteiger partial charge in [0, 0.05) is 20.8 Å². The average molecular weight is 436 g/mol. The van der Waals surface area contributed by atoms with Crippen molar-refractivity contribution in [1.82, 2.24) is 0 Å². The van der Waals surface area contributed by atoms with Gasteiger partial charge >= 0.3 is 0 Å². The Balaban J connectivity index is 2.39. The molecule has 0 radical (unpaired) electrons. The molecule has 0 aliphatic rings. The van der Waals surface area contributed by atoms with Crippen molar-refractivity contribution in [2.45, 2.75) is 19.4 Å². The van der Waals surface area contributed by atoms with Crippen molar-refractivity contribution >= 4 is 62.1 Å². The number of nitrogens with one attached hydrogen (secondary N) is 1. The van der Waals surface area contributed by atoms with E-state index in [0.717, 1.165) is 10.6 Å². The van der Waals surface area contributed by atoms with Crippen LogP contribution in [0.2, 0.25) is 15.1 Å². The topological polar surface area (TPSA) is 66.5 Å².